The first-order valence-corrected chi connectivity index (χ1v) is 10.5. The van der Waals surface area contributed by atoms with E-state index in [1.807, 2.05) is 48.5 Å². The number of alkyl carbamates (subject to hydrolysis) is 1. The van der Waals surface area contributed by atoms with Crippen LogP contribution >= 0.6 is 0 Å². The third kappa shape index (κ3) is 3.93. The average Bonchev–Trinajstić information content (AvgIpc) is 3.35. The summed E-state index contributed by atoms with van der Waals surface area (Å²) in [6, 6.07) is 16.0. The summed E-state index contributed by atoms with van der Waals surface area (Å²) in [7, 11) is 0. The van der Waals surface area contributed by atoms with E-state index < -0.39 is 29.0 Å². The van der Waals surface area contributed by atoms with E-state index in [0.717, 1.165) is 22.3 Å². The van der Waals surface area contributed by atoms with E-state index >= 15 is 0 Å². The normalized spacial score (nSPS) is 19.7. The molecule has 1 aliphatic heterocycles. The van der Waals surface area contributed by atoms with Gasteiger partial charge >= 0.3 is 12.1 Å². The van der Waals surface area contributed by atoms with Gasteiger partial charge in [-0.1, -0.05) is 48.5 Å². The standard InChI is InChI=1S/C24H26N2O6/c1-23(2,21(28)29)25-20(27)24(11-12-31-14-24)26-22(30)32-13-19-17-9-5-3-7-15(17)16-8-4-6-10-18(16)19/h3-10,19H,11-14H2,1-2H3,(H,25,27)(H,26,30)(H,28,29). The average molecular weight is 438 g/mol. The molecule has 0 aromatic heterocycles. The zero-order chi connectivity index (χ0) is 22.9. The van der Waals surface area contributed by atoms with Crippen LogP contribution in [-0.2, 0) is 19.1 Å². The summed E-state index contributed by atoms with van der Waals surface area (Å²) < 4.78 is 10.9. The molecule has 2 aliphatic rings. The van der Waals surface area contributed by atoms with Crippen LogP contribution < -0.4 is 10.6 Å². The van der Waals surface area contributed by atoms with Gasteiger partial charge in [-0.25, -0.2) is 9.59 Å². The maximum atomic E-state index is 12.9. The van der Waals surface area contributed by atoms with Crippen LogP contribution in [0.5, 0.6) is 0 Å². The number of carboxylic acids is 1. The van der Waals surface area contributed by atoms with Gasteiger partial charge in [0.15, 0.2) is 0 Å². The molecule has 32 heavy (non-hydrogen) atoms. The summed E-state index contributed by atoms with van der Waals surface area (Å²) in [6.45, 7) is 3.08. The highest BCUT2D eigenvalue weighted by Gasteiger charge is 2.47. The summed E-state index contributed by atoms with van der Waals surface area (Å²) in [5.74, 6) is -1.90. The van der Waals surface area contributed by atoms with Crippen LogP contribution in [0.2, 0.25) is 0 Å². The largest absolute Gasteiger partial charge is 0.480 e. The predicted octanol–water partition coefficient (Wildman–Crippen LogP) is 2.66. The molecule has 2 aromatic carbocycles. The van der Waals surface area contributed by atoms with E-state index in [1.165, 1.54) is 13.8 Å². The van der Waals surface area contributed by atoms with Gasteiger partial charge in [0, 0.05) is 18.9 Å². The van der Waals surface area contributed by atoms with Gasteiger partial charge in [0.05, 0.1) is 6.61 Å². The molecule has 1 fully saturated rings. The van der Waals surface area contributed by atoms with E-state index in [0.29, 0.717) is 0 Å². The van der Waals surface area contributed by atoms with Crippen LogP contribution in [0.1, 0.15) is 37.3 Å². The van der Waals surface area contributed by atoms with Crippen molar-refractivity contribution in [2.45, 2.75) is 37.3 Å². The van der Waals surface area contributed by atoms with Crippen molar-refractivity contribution in [1.82, 2.24) is 10.6 Å². The number of hydrogen-bond acceptors (Lipinski definition) is 5. The molecule has 2 amide bonds. The summed E-state index contributed by atoms with van der Waals surface area (Å²) in [4.78, 5) is 37.0. The van der Waals surface area contributed by atoms with Crippen molar-refractivity contribution >= 4 is 18.0 Å². The number of nitrogens with one attached hydrogen (secondary N) is 2. The molecular weight excluding hydrogens is 412 g/mol. The number of hydrogen-bond donors (Lipinski definition) is 3. The maximum absolute atomic E-state index is 12.9. The molecule has 1 saturated heterocycles. The number of benzene rings is 2. The fourth-order valence-corrected chi connectivity index (χ4v) is 4.19. The Morgan fingerprint density at radius 3 is 2.22 bits per heavy atom. The van der Waals surface area contributed by atoms with Crippen LogP contribution in [-0.4, -0.2) is 54.0 Å². The molecule has 8 nitrogen and oxygen atoms in total. The number of rotatable bonds is 6. The van der Waals surface area contributed by atoms with Crippen LogP contribution in [0, 0.1) is 0 Å². The number of amides is 2. The van der Waals surface area contributed by atoms with Crippen molar-refractivity contribution in [2.24, 2.45) is 0 Å². The molecular formula is C24H26N2O6. The number of carboxylic acid groups (broad SMARTS) is 1. The second kappa shape index (κ2) is 8.27. The second-order valence-electron chi connectivity index (χ2n) is 8.72. The van der Waals surface area contributed by atoms with Gasteiger partial charge in [-0.3, -0.25) is 4.79 Å². The van der Waals surface area contributed by atoms with E-state index in [4.69, 9.17) is 9.47 Å². The Balaban J connectivity index is 1.46. The Labute approximate surface area is 185 Å². The third-order valence-corrected chi connectivity index (χ3v) is 6.10. The molecule has 1 atom stereocenters. The van der Waals surface area contributed by atoms with Gasteiger partial charge < -0.3 is 25.2 Å². The molecule has 0 bridgehead atoms. The Hall–Kier alpha value is -3.39. The lowest BCUT2D eigenvalue weighted by molar-refractivity contribution is -0.147. The van der Waals surface area contributed by atoms with Crippen molar-refractivity contribution in [2.75, 3.05) is 19.8 Å². The highest BCUT2D eigenvalue weighted by molar-refractivity contribution is 5.94. The second-order valence-corrected chi connectivity index (χ2v) is 8.72. The molecule has 1 unspecified atom stereocenters. The summed E-state index contributed by atoms with van der Waals surface area (Å²) in [5.41, 5.74) is 1.54. The first-order valence-electron chi connectivity index (χ1n) is 10.5. The monoisotopic (exact) mass is 438 g/mol. The zero-order valence-electron chi connectivity index (χ0n) is 18.0. The minimum atomic E-state index is -1.49. The van der Waals surface area contributed by atoms with Crippen LogP contribution in [0.25, 0.3) is 11.1 Å². The molecule has 8 heteroatoms. The number of carbonyl (C=O) groups is 3. The topological polar surface area (TPSA) is 114 Å². The lowest BCUT2D eigenvalue weighted by Crippen LogP contribution is -2.64. The molecule has 168 valence electrons. The van der Waals surface area contributed by atoms with Crippen molar-refractivity contribution in [3.63, 3.8) is 0 Å². The van der Waals surface area contributed by atoms with Crippen molar-refractivity contribution in [3.8, 4) is 11.1 Å². The first-order chi connectivity index (χ1) is 15.2. The molecule has 0 spiro atoms. The van der Waals surface area contributed by atoms with E-state index in [-0.39, 0.29) is 32.2 Å². The third-order valence-electron chi connectivity index (χ3n) is 6.10. The van der Waals surface area contributed by atoms with Crippen molar-refractivity contribution in [1.29, 1.82) is 0 Å². The highest BCUT2D eigenvalue weighted by Crippen LogP contribution is 2.44. The SMILES string of the molecule is CC(C)(NC(=O)C1(NC(=O)OCC2c3ccccc3-c3ccccc32)CCOC1)C(=O)O. The number of fused-ring (bicyclic) bond motifs is 3. The Bertz CT molecular complexity index is 1010. The van der Waals surface area contributed by atoms with Gasteiger partial charge in [-0.2, -0.15) is 0 Å². The van der Waals surface area contributed by atoms with Crippen LogP contribution in [0.15, 0.2) is 48.5 Å². The first kappa shape index (κ1) is 21.8. The predicted molar refractivity (Wildman–Crippen MR) is 116 cm³/mol. The summed E-state index contributed by atoms with van der Waals surface area (Å²) >= 11 is 0. The fourth-order valence-electron chi connectivity index (χ4n) is 4.19. The molecule has 4 rings (SSSR count). The van der Waals surface area contributed by atoms with Crippen LogP contribution in [0.3, 0.4) is 0 Å². The molecule has 2 aromatic rings. The van der Waals surface area contributed by atoms with Crippen LogP contribution in [0.4, 0.5) is 4.79 Å². The van der Waals surface area contributed by atoms with E-state index in [1.54, 1.807) is 0 Å². The minimum Gasteiger partial charge on any atom is -0.480 e. The van der Waals surface area contributed by atoms with E-state index in [9.17, 15) is 19.5 Å². The minimum absolute atomic E-state index is 0.0568. The van der Waals surface area contributed by atoms with Gasteiger partial charge in [0.25, 0.3) is 0 Å². The Morgan fingerprint density at radius 2 is 1.69 bits per heavy atom. The molecule has 1 aliphatic carbocycles. The van der Waals surface area contributed by atoms with Gasteiger partial charge in [0.2, 0.25) is 5.91 Å². The molecule has 0 saturated carbocycles. The molecule has 0 radical (unpaired) electrons. The Kier molecular flexibility index (Phi) is 5.64. The van der Waals surface area contributed by atoms with Crippen molar-refractivity contribution in [3.05, 3.63) is 59.7 Å². The van der Waals surface area contributed by atoms with Gasteiger partial charge in [-0.05, 0) is 36.1 Å². The zero-order valence-corrected chi connectivity index (χ0v) is 18.0. The van der Waals surface area contributed by atoms with Gasteiger partial charge in [0.1, 0.15) is 17.7 Å². The maximum Gasteiger partial charge on any atom is 0.408 e. The number of aliphatic carboxylic acids is 1. The highest BCUT2D eigenvalue weighted by atomic mass is 16.6. The fraction of sp³-hybridized carbons (Fsp3) is 0.375. The lowest BCUT2D eigenvalue weighted by atomic mass is 9.95. The lowest BCUT2D eigenvalue weighted by Gasteiger charge is -2.31. The number of ether oxygens (including phenoxy) is 2. The van der Waals surface area contributed by atoms with Gasteiger partial charge in [-0.15, -0.1) is 0 Å². The van der Waals surface area contributed by atoms with E-state index in [2.05, 4.69) is 10.6 Å². The Morgan fingerprint density at radius 1 is 1.09 bits per heavy atom. The molecule has 1 heterocycles. The number of carbonyl (C=O) groups excluding carboxylic acids is 2. The summed E-state index contributed by atoms with van der Waals surface area (Å²) in [5, 5.41) is 14.4. The smallest absolute Gasteiger partial charge is 0.408 e. The molecule has 3 N–H and O–H groups in total. The van der Waals surface area contributed by atoms with Crippen molar-refractivity contribution < 1.29 is 29.0 Å². The quantitative estimate of drug-likeness (QED) is 0.639. The summed E-state index contributed by atoms with van der Waals surface area (Å²) in [6.07, 6.45) is -0.528.